The van der Waals surface area contributed by atoms with Gasteiger partial charge in [0.1, 0.15) is 5.75 Å². The molecule has 166 valence electrons. The Hall–Kier alpha value is -3.49. The van der Waals surface area contributed by atoms with Gasteiger partial charge in [0.2, 0.25) is 14.8 Å². The van der Waals surface area contributed by atoms with Crippen LogP contribution in [0.5, 0.6) is 17.2 Å². The SMILES string of the molecule is COc1cc(OC)c(C(O)(c2cc3ccccc3[nH]2)S(=O)(=O)c2ccccc2)cc1OC. The number of aromatic amines is 1. The normalized spacial score (nSPS) is 13.5. The molecule has 0 fully saturated rings. The quantitative estimate of drug-likeness (QED) is 0.441. The van der Waals surface area contributed by atoms with Gasteiger partial charge >= 0.3 is 0 Å². The number of sulfone groups is 1. The lowest BCUT2D eigenvalue weighted by Crippen LogP contribution is -2.38. The maximum absolute atomic E-state index is 14.0. The first-order valence-electron chi connectivity index (χ1n) is 9.77. The zero-order valence-corrected chi connectivity index (χ0v) is 18.6. The molecular formula is C24H23NO6S. The van der Waals surface area contributed by atoms with E-state index in [0.29, 0.717) is 11.3 Å². The van der Waals surface area contributed by atoms with E-state index in [4.69, 9.17) is 14.2 Å². The summed E-state index contributed by atoms with van der Waals surface area (Å²) in [6, 6.07) is 19.6. The van der Waals surface area contributed by atoms with E-state index < -0.39 is 14.8 Å². The molecule has 3 aromatic carbocycles. The van der Waals surface area contributed by atoms with Crippen LogP contribution < -0.4 is 14.2 Å². The zero-order valence-electron chi connectivity index (χ0n) is 17.8. The van der Waals surface area contributed by atoms with Gasteiger partial charge < -0.3 is 24.3 Å². The summed E-state index contributed by atoms with van der Waals surface area (Å²) < 4.78 is 44.1. The second-order valence-corrected chi connectivity index (χ2v) is 9.21. The Bertz CT molecular complexity index is 1330. The average molecular weight is 454 g/mol. The van der Waals surface area contributed by atoms with Crippen LogP contribution in [0.1, 0.15) is 11.3 Å². The Balaban J connectivity index is 2.10. The van der Waals surface area contributed by atoms with Crippen LogP contribution in [0.25, 0.3) is 10.9 Å². The number of para-hydroxylation sites is 1. The first-order chi connectivity index (χ1) is 15.4. The molecule has 0 aliphatic carbocycles. The number of hydrogen-bond acceptors (Lipinski definition) is 6. The highest BCUT2D eigenvalue weighted by molar-refractivity contribution is 7.92. The number of fused-ring (bicyclic) bond motifs is 1. The highest BCUT2D eigenvalue weighted by Crippen LogP contribution is 2.47. The molecule has 0 saturated carbocycles. The minimum absolute atomic E-state index is 0.00643. The van der Waals surface area contributed by atoms with Gasteiger partial charge in [-0.15, -0.1) is 0 Å². The second kappa shape index (κ2) is 8.22. The Labute approximate surface area is 186 Å². The first-order valence-corrected chi connectivity index (χ1v) is 11.3. The maximum Gasteiger partial charge on any atom is 0.240 e. The van der Waals surface area contributed by atoms with Crippen molar-refractivity contribution in [1.82, 2.24) is 4.98 Å². The Morgan fingerprint density at radius 3 is 2.00 bits per heavy atom. The fraction of sp³-hybridized carbons (Fsp3) is 0.167. The van der Waals surface area contributed by atoms with Gasteiger partial charge in [0.05, 0.1) is 37.5 Å². The highest BCUT2D eigenvalue weighted by Gasteiger charge is 2.50. The molecule has 32 heavy (non-hydrogen) atoms. The molecule has 7 nitrogen and oxygen atoms in total. The number of ether oxygens (including phenoxy) is 3. The van der Waals surface area contributed by atoms with E-state index in [1.54, 1.807) is 30.3 Å². The molecular weight excluding hydrogens is 430 g/mol. The molecule has 1 heterocycles. The molecule has 0 amide bonds. The van der Waals surface area contributed by atoms with Crippen LogP contribution in [-0.2, 0) is 14.8 Å². The summed E-state index contributed by atoms with van der Waals surface area (Å²) >= 11 is 0. The van der Waals surface area contributed by atoms with Crippen LogP contribution in [0.2, 0.25) is 0 Å². The first kappa shape index (κ1) is 21.7. The number of methoxy groups -OCH3 is 3. The second-order valence-electron chi connectivity index (χ2n) is 7.14. The molecule has 0 radical (unpaired) electrons. The van der Waals surface area contributed by atoms with Gasteiger partial charge in [0.15, 0.2) is 11.5 Å². The van der Waals surface area contributed by atoms with Crippen molar-refractivity contribution in [2.75, 3.05) is 21.3 Å². The zero-order chi connectivity index (χ0) is 22.9. The van der Waals surface area contributed by atoms with Crippen LogP contribution in [0.3, 0.4) is 0 Å². The summed E-state index contributed by atoms with van der Waals surface area (Å²) in [6.45, 7) is 0. The number of nitrogens with one attached hydrogen (secondary N) is 1. The minimum Gasteiger partial charge on any atom is -0.496 e. The third-order valence-electron chi connectivity index (χ3n) is 5.41. The van der Waals surface area contributed by atoms with Crippen LogP contribution in [-0.4, -0.2) is 39.8 Å². The molecule has 1 unspecified atom stereocenters. The number of hydrogen-bond donors (Lipinski definition) is 2. The lowest BCUT2D eigenvalue weighted by molar-refractivity contribution is 0.158. The van der Waals surface area contributed by atoms with Crippen molar-refractivity contribution in [2.24, 2.45) is 0 Å². The molecule has 0 bridgehead atoms. The molecule has 0 saturated heterocycles. The van der Waals surface area contributed by atoms with Crippen molar-refractivity contribution in [3.63, 3.8) is 0 Å². The number of benzene rings is 3. The van der Waals surface area contributed by atoms with Crippen molar-refractivity contribution >= 4 is 20.7 Å². The van der Waals surface area contributed by atoms with E-state index in [-0.39, 0.29) is 27.7 Å². The maximum atomic E-state index is 14.0. The molecule has 0 spiro atoms. The van der Waals surface area contributed by atoms with Gasteiger partial charge in [-0.25, -0.2) is 8.42 Å². The van der Waals surface area contributed by atoms with Crippen molar-refractivity contribution in [1.29, 1.82) is 0 Å². The minimum atomic E-state index is -4.38. The number of rotatable bonds is 7. The standard InChI is InChI=1S/C24H23NO6S/c1-29-20-15-22(31-3)21(30-2)14-18(20)24(26,32(27,28)17-10-5-4-6-11-17)23-13-16-9-7-8-12-19(16)25-23/h4-15,25-26H,1-3H3. The van der Waals surface area contributed by atoms with Crippen molar-refractivity contribution in [3.05, 3.63) is 84.1 Å². The van der Waals surface area contributed by atoms with E-state index >= 15 is 0 Å². The fourth-order valence-electron chi connectivity index (χ4n) is 3.75. The van der Waals surface area contributed by atoms with E-state index in [0.717, 1.165) is 5.39 Å². The van der Waals surface area contributed by atoms with E-state index in [1.165, 1.54) is 45.6 Å². The Morgan fingerprint density at radius 1 is 0.781 bits per heavy atom. The van der Waals surface area contributed by atoms with Crippen molar-refractivity contribution in [3.8, 4) is 17.2 Å². The Kier molecular flexibility index (Phi) is 5.58. The van der Waals surface area contributed by atoms with Gasteiger partial charge in [0.25, 0.3) is 0 Å². The topological polar surface area (TPSA) is 97.9 Å². The summed E-state index contributed by atoms with van der Waals surface area (Å²) in [6.07, 6.45) is 0. The van der Waals surface area contributed by atoms with Crippen LogP contribution in [0, 0.1) is 0 Å². The van der Waals surface area contributed by atoms with Gasteiger partial charge in [-0.05, 0) is 35.7 Å². The Morgan fingerprint density at radius 2 is 1.38 bits per heavy atom. The summed E-state index contributed by atoms with van der Waals surface area (Å²) in [5, 5.41) is 12.9. The summed E-state index contributed by atoms with van der Waals surface area (Å²) in [5.74, 6) is 0.716. The summed E-state index contributed by atoms with van der Waals surface area (Å²) in [5.41, 5.74) is 0.754. The molecule has 2 N–H and O–H groups in total. The van der Waals surface area contributed by atoms with E-state index in [1.807, 2.05) is 18.2 Å². The predicted octanol–water partition coefficient (Wildman–Crippen LogP) is 3.86. The van der Waals surface area contributed by atoms with E-state index in [9.17, 15) is 13.5 Å². The van der Waals surface area contributed by atoms with Gasteiger partial charge in [-0.2, -0.15) is 0 Å². The predicted molar refractivity (Wildman–Crippen MR) is 121 cm³/mol. The van der Waals surface area contributed by atoms with Crippen molar-refractivity contribution in [2.45, 2.75) is 9.83 Å². The lowest BCUT2D eigenvalue weighted by atomic mass is 10.0. The molecule has 8 heteroatoms. The largest absolute Gasteiger partial charge is 0.496 e. The molecule has 1 aromatic heterocycles. The van der Waals surface area contributed by atoms with E-state index in [2.05, 4.69) is 4.98 Å². The van der Waals surface area contributed by atoms with Crippen molar-refractivity contribution < 1.29 is 27.7 Å². The summed E-state index contributed by atoms with van der Waals surface area (Å²) in [4.78, 5) is 0.512. The van der Waals surface area contributed by atoms with Crippen LogP contribution in [0.4, 0.5) is 0 Å². The molecule has 4 rings (SSSR count). The van der Waals surface area contributed by atoms with Crippen LogP contribution >= 0.6 is 0 Å². The molecule has 0 aliphatic rings. The lowest BCUT2D eigenvalue weighted by Gasteiger charge is -2.29. The smallest absolute Gasteiger partial charge is 0.240 e. The average Bonchev–Trinajstić information content (AvgIpc) is 3.27. The molecule has 1 atom stereocenters. The van der Waals surface area contributed by atoms with Gasteiger partial charge in [-0.3, -0.25) is 0 Å². The fourth-order valence-corrected chi connectivity index (χ4v) is 5.46. The number of aromatic nitrogens is 1. The highest BCUT2D eigenvalue weighted by atomic mass is 32.2. The number of H-pyrrole nitrogens is 1. The molecule has 0 aliphatic heterocycles. The number of aliphatic hydroxyl groups is 1. The third-order valence-corrected chi connectivity index (χ3v) is 7.52. The summed E-state index contributed by atoms with van der Waals surface area (Å²) in [7, 11) is -0.0970. The third kappa shape index (κ3) is 3.28. The van der Waals surface area contributed by atoms with Gasteiger partial charge in [0, 0.05) is 11.6 Å². The monoisotopic (exact) mass is 453 g/mol. The van der Waals surface area contributed by atoms with Gasteiger partial charge in [-0.1, -0.05) is 36.4 Å². The van der Waals surface area contributed by atoms with Crippen LogP contribution in [0.15, 0.2) is 77.7 Å². The molecule has 4 aromatic rings.